The Morgan fingerprint density at radius 1 is 1.26 bits per heavy atom. The van der Waals surface area contributed by atoms with Crippen LogP contribution in [0.15, 0.2) is 18.2 Å². The second-order valence-corrected chi connectivity index (χ2v) is 6.68. The van der Waals surface area contributed by atoms with Gasteiger partial charge in [0.2, 0.25) is 0 Å². The minimum atomic E-state index is -0.908. The van der Waals surface area contributed by atoms with Crippen molar-refractivity contribution < 1.29 is 27.9 Å². The number of nitrogens with zero attached hydrogens (tertiary/aromatic N) is 1. The fraction of sp³-hybridized carbons (Fsp3) is 0.526. The van der Waals surface area contributed by atoms with Crippen molar-refractivity contribution in [3.63, 3.8) is 0 Å². The lowest BCUT2D eigenvalue weighted by Crippen LogP contribution is -2.41. The first-order valence-electron chi connectivity index (χ1n) is 9.02. The van der Waals surface area contributed by atoms with E-state index in [1.165, 1.54) is 4.90 Å². The molecule has 0 bridgehead atoms. The molecule has 1 atom stereocenters. The first kappa shape index (κ1) is 20.8. The maximum Gasteiger partial charge on any atom is 0.309 e. The van der Waals surface area contributed by atoms with Gasteiger partial charge in [-0.05, 0) is 38.3 Å². The number of esters is 1. The number of carbonyl (C=O) groups is 3. The summed E-state index contributed by atoms with van der Waals surface area (Å²) in [6.07, 6.45) is 1.50. The summed E-state index contributed by atoms with van der Waals surface area (Å²) in [7, 11) is 0. The number of hydrogen-bond donors (Lipinski definition) is 1. The number of amides is 2. The van der Waals surface area contributed by atoms with E-state index in [2.05, 4.69) is 5.32 Å². The molecule has 1 fully saturated rings. The highest BCUT2D eigenvalue weighted by molar-refractivity contribution is 5.94. The highest BCUT2D eigenvalue weighted by atomic mass is 19.1. The summed E-state index contributed by atoms with van der Waals surface area (Å²) in [5.41, 5.74) is -0.195. The lowest BCUT2D eigenvalue weighted by atomic mass is 9.96. The number of benzene rings is 1. The van der Waals surface area contributed by atoms with Gasteiger partial charge in [0.05, 0.1) is 11.5 Å². The molecule has 2 rings (SSSR count). The first-order chi connectivity index (χ1) is 12.8. The Morgan fingerprint density at radius 3 is 2.52 bits per heavy atom. The van der Waals surface area contributed by atoms with Crippen molar-refractivity contribution in [2.75, 3.05) is 19.7 Å². The summed E-state index contributed by atoms with van der Waals surface area (Å²) in [6, 6.07) is 2.83. The Balaban J connectivity index is 1.81. The maximum absolute atomic E-state index is 13.8. The first-order valence-corrected chi connectivity index (χ1v) is 9.02. The summed E-state index contributed by atoms with van der Waals surface area (Å²) >= 11 is 0. The number of likely N-dealkylation sites (tertiary alicyclic amines) is 1. The van der Waals surface area contributed by atoms with Gasteiger partial charge in [-0.15, -0.1) is 0 Å². The Morgan fingerprint density at radius 2 is 1.93 bits per heavy atom. The second-order valence-electron chi connectivity index (χ2n) is 6.68. The van der Waals surface area contributed by atoms with E-state index in [9.17, 15) is 23.2 Å². The van der Waals surface area contributed by atoms with Gasteiger partial charge in [-0.25, -0.2) is 8.78 Å². The molecule has 1 aliphatic rings. The van der Waals surface area contributed by atoms with Crippen molar-refractivity contribution in [3.05, 3.63) is 35.4 Å². The van der Waals surface area contributed by atoms with E-state index in [0.29, 0.717) is 18.9 Å². The van der Waals surface area contributed by atoms with Crippen molar-refractivity contribution in [1.29, 1.82) is 0 Å². The SMILES string of the molecule is CCC(C)NC(=O)COC(=O)C1CCN(C(=O)c2ccc(F)cc2F)CC1. The van der Waals surface area contributed by atoms with Gasteiger partial charge in [-0.1, -0.05) is 6.92 Å². The molecular weight excluding hydrogens is 358 g/mol. The predicted molar refractivity (Wildman–Crippen MR) is 93.8 cm³/mol. The Bertz CT molecular complexity index is 703. The predicted octanol–water partition coefficient (Wildman–Crippen LogP) is 2.27. The zero-order chi connectivity index (χ0) is 20.0. The third-order valence-electron chi connectivity index (χ3n) is 4.64. The number of ether oxygens (including phenoxy) is 1. The molecule has 1 aliphatic heterocycles. The van der Waals surface area contributed by atoms with Crippen LogP contribution in [0.1, 0.15) is 43.5 Å². The molecule has 0 aromatic heterocycles. The summed E-state index contributed by atoms with van der Waals surface area (Å²) in [5, 5.41) is 2.71. The monoisotopic (exact) mass is 382 g/mol. The van der Waals surface area contributed by atoms with E-state index in [1.54, 1.807) is 0 Å². The van der Waals surface area contributed by atoms with Crippen LogP contribution in [0.2, 0.25) is 0 Å². The molecule has 0 spiro atoms. The maximum atomic E-state index is 13.8. The summed E-state index contributed by atoms with van der Waals surface area (Å²) < 4.78 is 31.8. The molecule has 0 aliphatic carbocycles. The number of carbonyl (C=O) groups excluding carboxylic acids is 3. The van der Waals surface area contributed by atoms with Crippen LogP contribution >= 0.6 is 0 Å². The van der Waals surface area contributed by atoms with E-state index in [0.717, 1.165) is 18.6 Å². The van der Waals surface area contributed by atoms with Crippen LogP contribution in [0.25, 0.3) is 0 Å². The Kier molecular flexibility index (Phi) is 7.27. The van der Waals surface area contributed by atoms with Crippen molar-refractivity contribution >= 4 is 17.8 Å². The van der Waals surface area contributed by atoms with Gasteiger partial charge in [-0.2, -0.15) is 0 Å². The van der Waals surface area contributed by atoms with Crippen LogP contribution in [0.4, 0.5) is 8.78 Å². The van der Waals surface area contributed by atoms with Gasteiger partial charge in [-0.3, -0.25) is 14.4 Å². The molecule has 1 saturated heterocycles. The minimum absolute atomic E-state index is 0.0114. The van der Waals surface area contributed by atoms with Crippen LogP contribution in [0, 0.1) is 17.6 Å². The van der Waals surface area contributed by atoms with Crippen LogP contribution in [0.5, 0.6) is 0 Å². The van der Waals surface area contributed by atoms with Crippen LogP contribution in [-0.2, 0) is 14.3 Å². The molecule has 1 heterocycles. The highest BCUT2D eigenvalue weighted by Gasteiger charge is 2.30. The molecule has 1 unspecified atom stereocenters. The molecule has 0 radical (unpaired) electrons. The number of rotatable bonds is 6. The van der Waals surface area contributed by atoms with Gasteiger partial charge in [0.25, 0.3) is 11.8 Å². The standard InChI is InChI=1S/C19H24F2N2O4/c1-3-12(2)22-17(24)11-27-19(26)13-6-8-23(9-7-13)18(25)15-5-4-14(20)10-16(15)21/h4-5,10,12-13H,3,6-9,11H2,1-2H3,(H,22,24). The molecule has 8 heteroatoms. The van der Waals surface area contributed by atoms with E-state index in [-0.39, 0.29) is 37.2 Å². The van der Waals surface area contributed by atoms with Crippen LogP contribution in [-0.4, -0.2) is 48.4 Å². The Labute approximate surface area is 156 Å². The van der Waals surface area contributed by atoms with E-state index < -0.39 is 29.4 Å². The number of halogens is 2. The molecule has 2 amide bonds. The lowest BCUT2D eigenvalue weighted by molar-refractivity contribution is -0.154. The average Bonchev–Trinajstić information content (AvgIpc) is 2.65. The van der Waals surface area contributed by atoms with Crippen LogP contribution in [0.3, 0.4) is 0 Å². The molecule has 1 aromatic carbocycles. The number of piperidine rings is 1. The number of nitrogens with one attached hydrogen (secondary N) is 1. The lowest BCUT2D eigenvalue weighted by Gasteiger charge is -2.31. The number of hydrogen-bond acceptors (Lipinski definition) is 4. The topological polar surface area (TPSA) is 75.7 Å². The second kappa shape index (κ2) is 9.43. The molecule has 0 saturated carbocycles. The molecule has 1 aromatic rings. The fourth-order valence-electron chi connectivity index (χ4n) is 2.82. The molecule has 6 nitrogen and oxygen atoms in total. The van der Waals surface area contributed by atoms with Crippen molar-refractivity contribution in [3.8, 4) is 0 Å². The zero-order valence-electron chi connectivity index (χ0n) is 15.5. The molecule has 27 heavy (non-hydrogen) atoms. The van der Waals surface area contributed by atoms with Gasteiger partial charge in [0, 0.05) is 25.2 Å². The van der Waals surface area contributed by atoms with Gasteiger partial charge in [0.15, 0.2) is 6.61 Å². The average molecular weight is 382 g/mol. The van der Waals surface area contributed by atoms with Gasteiger partial charge < -0.3 is 15.0 Å². The summed E-state index contributed by atoms with van der Waals surface area (Å²) in [5.74, 6) is -3.43. The van der Waals surface area contributed by atoms with Gasteiger partial charge in [0.1, 0.15) is 11.6 Å². The minimum Gasteiger partial charge on any atom is -0.455 e. The van der Waals surface area contributed by atoms with Crippen molar-refractivity contribution in [2.45, 2.75) is 39.2 Å². The molecular formula is C19H24F2N2O4. The third kappa shape index (κ3) is 5.74. The van der Waals surface area contributed by atoms with E-state index >= 15 is 0 Å². The summed E-state index contributed by atoms with van der Waals surface area (Å²) in [6.45, 7) is 3.98. The smallest absolute Gasteiger partial charge is 0.309 e. The van der Waals surface area contributed by atoms with Crippen LogP contribution < -0.4 is 5.32 Å². The van der Waals surface area contributed by atoms with Gasteiger partial charge >= 0.3 is 5.97 Å². The summed E-state index contributed by atoms with van der Waals surface area (Å²) in [4.78, 5) is 37.5. The quantitative estimate of drug-likeness (QED) is 0.766. The highest BCUT2D eigenvalue weighted by Crippen LogP contribution is 2.21. The van der Waals surface area contributed by atoms with E-state index in [4.69, 9.17) is 4.74 Å². The third-order valence-corrected chi connectivity index (χ3v) is 4.64. The normalized spacial score (nSPS) is 15.9. The molecule has 148 valence electrons. The van der Waals surface area contributed by atoms with E-state index in [1.807, 2.05) is 13.8 Å². The Hall–Kier alpha value is -2.51. The largest absolute Gasteiger partial charge is 0.455 e. The zero-order valence-corrected chi connectivity index (χ0v) is 15.5. The molecule has 1 N–H and O–H groups in total. The van der Waals surface area contributed by atoms with Crippen molar-refractivity contribution in [1.82, 2.24) is 10.2 Å². The fourth-order valence-corrected chi connectivity index (χ4v) is 2.82. The van der Waals surface area contributed by atoms with Crippen molar-refractivity contribution in [2.24, 2.45) is 5.92 Å².